The van der Waals surface area contributed by atoms with Crippen LogP contribution in [0.2, 0.25) is 5.02 Å². The minimum atomic E-state index is -4.20. The molecule has 0 aliphatic carbocycles. The Hall–Kier alpha value is -0.460. The minimum absolute atomic E-state index is 0.0768. The molecule has 0 aliphatic rings. The largest absolute Gasteiger partial charge is 0.441 e. The molecule has 0 bridgehead atoms. The van der Waals surface area contributed by atoms with E-state index in [1.165, 1.54) is 12.1 Å². The van der Waals surface area contributed by atoms with Gasteiger partial charge in [0.1, 0.15) is 5.82 Å². The van der Waals surface area contributed by atoms with Gasteiger partial charge >= 0.3 is 5.51 Å². The number of benzene rings is 1. The van der Waals surface area contributed by atoms with Gasteiger partial charge in [-0.05, 0) is 35.5 Å². The molecule has 1 aromatic carbocycles. The van der Waals surface area contributed by atoms with Gasteiger partial charge in [-0.2, -0.15) is 13.2 Å². The number of rotatable bonds is 5. The molecule has 0 unspecified atom stereocenters. The molecule has 0 amide bonds. The molecule has 0 spiro atoms. The lowest BCUT2D eigenvalue weighted by atomic mass is 10.2. The molecular weight excluding hydrogens is 278 g/mol. The maximum absolute atomic E-state index is 12.9. The van der Waals surface area contributed by atoms with Crippen LogP contribution in [0.3, 0.4) is 0 Å². The van der Waals surface area contributed by atoms with Crippen molar-refractivity contribution in [2.75, 3.05) is 12.3 Å². The Morgan fingerprint density at radius 3 is 2.53 bits per heavy atom. The molecule has 0 saturated carbocycles. The molecule has 1 rings (SSSR count). The van der Waals surface area contributed by atoms with Gasteiger partial charge in [-0.15, -0.1) is 0 Å². The smallest absolute Gasteiger partial charge is 0.312 e. The molecule has 17 heavy (non-hydrogen) atoms. The van der Waals surface area contributed by atoms with Crippen LogP contribution in [0, 0.1) is 5.82 Å². The molecule has 0 aliphatic heterocycles. The van der Waals surface area contributed by atoms with Crippen molar-refractivity contribution in [3.8, 4) is 0 Å². The molecule has 0 heterocycles. The van der Waals surface area contributed by atoms with Crippen molar-refractivity contribution < 1.29 is 17.6 Å². The Kier molecular flexibility index (Phi) is 5.55. The molecule has 0 atom stereocenters. The summed E-state index contributed by atoms with van der Waals surface area (Å²) in [5.74, 6) is -0.536. The fourth-order valence-electron chi connectivity index (χ4n) is 1.18. The predicted octanol–water partition coefficient (Wildman–Crippen LogP) is 3.82. The van der Waals surface area contributed by atoms with Crippen molar-refractivity contribution in [3.63, 3.8) is 0 Å². The highest BCUT2D eigenvalue weighted by Gasteiger charge is 2.27. The van der Waals surface area contributed by atoms with Gasteiger partial charge in [0.25, 0.3) is 0 Å². The third kappa shape index (κ3) is 6.75. The molecule has 1 aromatic rings. The minimum Gasteiger partial charge on any atom is -0.312 e. The van der Waals surface area contributed by atoms with Gasteiger partial charge in [-0.3, -0.25) is 0 Å². The Labute approximate surface area is 106 Å². The van der Waals surface area contributed by atoms with Crippen LogP contribution in [-0.2, 0) is 6.54 Å². The lowest BCUT2D eigenvalue weighted by molar-refractivity contribution is -0.0327. The van der Waals surface area contributed by atoms with E-state index in [-0.39, 0.29) is 35.6 Å². The third-order valence-electron chi connectivity index (χ3n) is 1.80. The normalized spacial score (nSPS) is 11.8. The van der Waals surface area contributed by atoms with Crippen molar-refractivity contribution in [2.45, 2.75) is 12.1 Å². The molecule has 0 radical (unpaired) electrons. The van der Waals surface area contributed by atoms with Crippen LogP contribution in [0.15, 0.2) is 18.2 Å². The zero-order valence-electron chi connectivity index (χ0n) is 8.65. The van der Waals surface area contributed by atoms with Gasteiger partial charge in [0.05, 0.1) is 0 Å². The summed E-state index contributed by atoms with van der Waals surface area (Å²) in [5.41, 5.74) is -3.60. The van der Waals surface area contributed by atoms with E-state index >= 15 is 0 Å². The third-order valence-corrected chi connectivity index (χ3v) is 2.75. The fourth-order valence-corrected chi connectivity index (χ4v) is 1.91. The average molecular weight is 288 g/mol. The summed E-state index contributed by atoms with van der Waals surface area (Å²) in [4.78, 5) is 0. The van der Waals surface area contributed by atoms with E-state index < -0.39 is 11.3 Å². The van der Waals surface area contributed by atoms with Crippen molar-refractivity contribution in [3.05, 3.63) is 34.6 Å². The first kappa shape index (κ1) is 14.6. The van der Waals surface area contributed by atoms with Gasteiger partial charge in [0.15, 0.2) is 0 Å². The maximum atomic E-state index is 12.9. The van der Waals surface area contributed by atoms with E-state index in [0.29, 0.717) is 5.56 Å². The second-order valence-electron chi connectivity index (χ2n) is 3.25. The van der Waals surface area contributed by atoms with E-state index in [0.717, 1.165) is 0 Å². The van der Waals surface area contributed by atoms with Crippen LogP contribution in [0.5, 0.6) is 0 Å². The van der Waals surface area contributed by atoms with Crippen LogP contribution in [-0.4, -0.2) is 17.8 Å². The molecule has 1 N–H and O–H groups in total. The van der Waals surface area contributed by atoms with Gasteiger partial charge in [0, 0.05) is 23.9 Å². The average Bonchev–Trinajstić information content (AvgIpc) is 2.13. The SMILES string of the molecule is Fc1cc(Cl)cc(CNCCSC(F)(F)F)c1. The highest BCUT2D eigenvalue weighted by atomic mass is 35.5. The van der Waals surface area contributed by atoms with E-state index in [1.54, 1.807) is 6.07 Å². The number of halogens is 5. The van der Waals surface area contributed by atoms with Crippen LogP contribution < -0.4 is 5.32 Å². The molecule has 0 fully saturated rings. The van der Waals surface area contributed by atoms with Crippen molar-refractivity contribution in [1.82, 2.24) is 5.32 Å². The van der Waals surface area contributed by atoms with Crippen molar-refractivity contribution in [1.29, 1.82) is 0 Å². The highest BCUT2D eigenvalue weighted by molar-refractivity contribution is 8.00. The number of nitrogens with one attached hydrogen (secondary N) is 1. The Morgan fingerprint density at radius 2 is 1.94 bits per heavy atom. The summed E-state index contributed by atoms with van der Waals surface area (Å²) in [5, 5.41) is 3.05. The summed E-state index contributed by atoms with van der Waals surface area (Å²) >= 11 is 5.54. The monoisotopic (exact) mass is 287 g/mol. The molecular formula is C10H10ClF4NS. The number of hydrogen-bond acceptors (Lipinski definition) is 2. The van der Waals surface area contributed by atoms with Crippen LogP contribution in [0.1, 0.15) is 5.56 Å². The summed E-state index contributed by atoms with van der Waals surface area (Å²) < 4.78 is 48.2. The number of hydrogen-bond donors (Lipinski definition) is 1. The molecule has 0 aromatic heterocycles. The molecule has 1 nitrogen and oxygen atoms in total. The van der Waals surface area contributed by atoms with Gasteiger partial charge < -0.3 is 5.32 Å². The predicted molar refractivity (Wildman–Crippen MR) is 61.6 cm³/mol. The first-order chi connectivity index (χ1) is 7.87. The van der Waals surface area contributed by atoms with Crippen LogP contribution in [0.4, 0.5) is 17.6 Å². The Morgan fingerprint density at radius 1 is 1.24 bits per heavy atom. The molecule has 96 valence electrons. The van der Waals surface area contributed by atoms with E-state index in [1.807, 2.05) is 0 Å². The molecule has 0 saturated heterocycles. The second kappa shape index (κ2) is 6.47. The second-order valence-corrected chi connectivity index (χ2v) is 4.84. The van der Waals surface area contributed by atoms with Gasteiger partial charge in [-0.1, -0.05) is 11.6 Å². The fraction of sp³-hybridized carbons (Fsp3) is 0.400. The summed E-state index contributed by atoms with van der Waals surface area (Å²) in [6.45, 7) is 0.480. The number of alkyl halides is 3. The summed E-state index contributed by atoms with van der Waals surface area (Å²) in [6.07, 6.45) is 0. The standard InChI is InChI=1S/C10H10ClF4NS/c11-8-3-7(4-9(12)5-8)6-16-1-2-17-10(13,14)15/h3-5,16H,1-2,6H2. The zero-order valence-corrected chi connectivity index (χ0v) is 10.2. The Balaban J connectivity index is 2.27. The lowest BCUT2D eigenvalue weighted by Gasteiger charge is -2.07. The zero-order chi connectivity index (χ0) is 12.9. The number of thioether (sulfide) groups is 1. The van der Waals surface area contributed by atoms with Crippen molar-refractivity contribution >= 4 is 23.4 Å². The van der Waals surface area contributed by atoms with Crippen LogP contribution >= 0.6 is 23.4 Å². The first-order valence-electron chi connectivity index (χ1n) is 4.73. The van der Waals surface area contributed by atoms with E-state index in [9.17, 15) is 17.6 Å². The first-order valence-corrected chi connectivity index (χ1v) is 6.09. The molecule has 7 heteroatoms. The summed E-state index contributed by atoms with van der Waals surface area (Å²) in [7, 11) is 0. The van der Waals surface area contributed by atoms with E-state index in [2.05, 4.69) is 5.32 Å². The lowest BCUT2D eigenvalue weighted by Crippen LogP contribution is -2.18. The maximum Gasteiger partial charge on any atom is 0.441 e. The van der Waals surface area contributed by atoms with Gasteiger partial charge in [-0.25, -0.2) is 4.39 Å². The van der Waals surface area contributed by atoms with Crippen LogP contribution in [0.25, 0.3) is 0 Å². The quantitative estimate of drug-likeness (QED) is 0.653. The topological polar surface area (TPSA) is 12.0 Å². The summed E-state index contributed by atoms with van der Waals surface area (Å²) in [6, 6.07) is 4.02. The van der Waals surface area contributed by atoms with E-state index in [4.69, 9.17) is 11.6 Å². The van der Waals surface area contributed by atoms with Crippen molar-refractivity contribution in [2.24, 2.45) is 0 Å². The Bertz CT molecular complexity index is 350. The van der Waals surface area contributed by atoms with Gasteiger partial charge in [0.2, 0.25) is 0 Å². The highest BCUT2D eigenvalue weighted by Crippen LogP contribution is 2.29.